The highest BCUT2D eigenvalue weighted by atomic mass is 16.2. The lowest BCUT2D eigenvalue weighted by atomic mass is 10.0. The maximum Gasteiger partial charge on any atom is 0.246 e. The fourth-order valence-electron chi connectivity index (χ4n) is 5.00. The van der Waals surface area contributed by atoms with E-state index in [9.17, 15) is 19.2 Å². The van der Waals surface area contributed by atoms with E-state index < -0.39 is 11.9 Å². The quantitative estimate of drug-likeness (QED) is 0.364. The van der Waals surface area contributed by atoms with E-state index in [0.717, 1.165) is 16.7 Å². The second-order valence-electron chi connectivity index (χ2n) is 10.5. The lowest BCUT2D eigenvalue weighted by molar-refractivity contribution is -0.148. The number of benzene rings is 3. The third-order valence-electron chi connectivity index (χ3n) is 7.23. The van der Waals surface area contributed by atoms with Crippen LogP contribution in [-0.2, 0) is 38.7 Å². The molecule has 0 aromatic heterocycles. The van der Waals surface area contributed by atoms with Crippen LogP contribution >= 0.6 is 0 Å². The van der Waals surface area contributed by atoms with Crippen LogP contribution in [0.2, 0.25) is 0 Å². The van der Waals surface area contributed by atoms with Gasteiger partial charge >= 0.3 is 0 Å². The zero-order valence-electron chi connectivity index (χ0n) is 23.9. The van der Waals surface area contributed by atoms with Crippen LogP contribution in [0.3, 0.4) is 0 Å². The van der Waals surface area contributed by atoms with E-state index in [1.165, 1.54) is 14.7 Å². The summed E-state index contributed by atoms with van der Waals surface area (Å²) in [6.07, 6.45) is 1.57. The Morgan fingerprint density at radius 1 is 0.619 bits per heavy atom. The normalized spacial score (nSPS) is 17.1. The van der Waals surface area contributed by atoms with Crippen LogP contribution in [0, 0.1) is 0 Å². The Bertz CT molecular complexity index is 1320. The number of nitrogens with zero attached hydrogens (tertiary/aromatic N) is 3. The molecule has 9 heteroatoms. The predicted octanol–water partition coefficient (Wildman–Crippen LogP) is 2.35. The van der Waals surface area contributed by atoms with Gasteiger partial charge in [0, 0.05) is 26.1 Å². The Labute approximate surface area is 247 Å². The van der Waals surface area contributed by atoms with Crippen LogP contribution in [-0.4, -0.2) is 77.1 Å². The number of carbonyl (C=O) groups excluding carboxylic acids is 4. The highest BCUT2D eigenvalue weighted by Crippen LogP contribution is 2.14. The molecule has 3 N–H and O–H groups in total. The van der Waals surface area contributed by atoms with Gasteiger partial charge in [0.1, 0.15) is 19.1 Å². The van der Waals surface area contributed by atoms with Crippen molar-refractivity contribution in [1.82, 2.24) is 20.0 Å². The molecule has 1 aliphatic heterocycles. The topological polar surface area (TPSA) is 116 Å². The molecule has 3 aromatic rings. The summed E-state index contributed by atoms with van der Waals surface area (Å²) in [5.41, 5.74) is 8.26. The molecule has 220 valence electrons. The molecule has 4 amide bonds. The minimum absolute atomic E-state index is 0.185. The van der Waals surface area contributed by atoms with Gasteiger partial charge in [0.2, 0.25) is 23.6 Å². The van der Waals surface area contributed by atoms with E-state index in [-0.39, 0.29) is 56.9 Å². The second kappa shape index (κ2) is 15.5. The van der Waals surface area contributed by atoms with Gasteiger partial charge in [-0.25, -0.2) is 0 Å². The Morgan fingerprint density at radius 3 is 1.69 bits per heavy atom. The van der Waals surface area contributed by atoms with Gasteiger partial charge in [-0.2, -0.15) is 0 Å². The Kier molecular flexibility index (Phi) is 11.2. The van der Waals surface area contributed by atoms with Crippen molar-refractivity contribution in [2.24, 2.45) is 5.73 Å². The minimum atomic E-state index is -0.917. The lowest BCUT2D eigenvalue weighted by Gasteiger charge is -2.33. The summed E-state index contributed by atoms with van der Waals surface area (Å²) < 4.78 is 0. The average molecular weight is 570 g/mol. The smallest absolute Gasteiger partial charge is 0.246 e. The molecule has 4 rings (SSSR count). The molecule has 1 heterocycles. The van der Waals surface area contributed by atoms with Crippen molar-refractivity contribution in [1.29, 1.82) is 0 Å². The largest absolute Gasteiger partial charge is 0.342 e. The number of amides is 4. The maximum absolute atomic E-state index is 14.1. The van der Waals surface area contributed by atoms with Gasteiger partial charge in [0.05, 0.1) is 6.54 Å². The molecule has 0 spiro atoms. The molecule has 1 fully saturated rings. The van der Waals surface area contributed by atoms with Gasteiger partial charge in [0.25, 0.3) is 0 Å². The second-order valence-corrected chi connectivity index (χ2v) is 10.5. The van der Waals surface area contributed by atoms with Crippen molar-refractivity contribution in [2.45, 2.75) is 38.4 Å². The average Bonchev–Trinajstić information content (AvgIpc) is 3.00. The van der Waals surface area contributed by atoms with Crippen LogP contribution in [0.25, 0.3) is 0 Å². The number of rotatable bonds is 10. The molecule has 9 nitrogen and oxygen atoms in total. The number of hydrogen-bond donors (Lipinski definition) is 2. The summed E-state index contributed by atoms with van der Waals surface area (Å²) in [5.74, 6) is -1.45. The zero-order chi connectivity index (χ0) is 29.7. The van der Waals surface area contributed by atoms with Crippen LogP contribution in [0.5, 0.6) is 0 Å². The fourth-order valence-corrected chi connectivity index (χ4v) is 5.00. The van der Waals surface area contributed by atoms with Crippen LogP contribution in [0.15, 0.2) is 91.0 Å². The molecule has 0 saturated carbocycles. The summed E-state index contributed by atoms with van der Waals surface area (Å²) in [4.78, 5) is 59.3. The number of nitrogens with one attached hydrogen (secondary N) is 1. The molecule has 0 aliphatic carbocycles. The molecule has 1 atom stereocenters. The summed E-state index contributed by atoms with van der Waals surface area (Å²) in [6.45, 7) is 0.534. The first-order chi connectivity index (χ1) is 20.4. The number of nitrogens with two attached hydrogens (primary N) is 1. The van der Waals surface area contributed by atoms with Gasteiger partial charge in [-0.3, -0.25) is 19.2 Å². The van der Waals surface area contributed by atoms with Gasteiger partial charge in [-0.1, -0.05) is 91.0 Å². The molecule has 0 unspecified atom stereocenters. The van der Waals surface area contributed by atoms with Gasteiger partial charge < -0.3 is 25.8 Å². The third kappa shape index (κ3) is 9.01. The number of unbranched alkanes of at least 4 members (excludes halogenated alkanes) is 1. The Morgan fingerprint density at radius 2 is 1.12 bits per heavy atom. The van der Waals surface area contributed by atoms with Crippen LogP contribution < -0.4 is 11.1 Å². The van der Waals surface area contributed by atoms with E-state index in [1.54, 1.807) is 0 Å². The van der Waals surface area contributed by atoms with Crippen molar-refractivity contribution >= 4 is 23.6 Å². The first kappa shape index (κ1) is 30.5. The van der Waals surface area contributed by atoms with Crippen molar-refractivity contribution in [2.75, 3.05) is 32.7 Å². The SMILES string of the molecule is NCCCCN1CC(=O)N[C@@H](Cc2ccccc2)C(=O)N(Cc2ccccc2)CC(=O)N(Cc2ccccc2)CC1=O. The minimum Gasteiger partial charge on any atom is -0.342 e. The number of hydrogen-bond acceptors (Lipinski definition) is 5. The predicted molar refractivity (Wildman–Crippen MR) is 161 cm³/mol. The monoisotopic (exact) mass is 569 g/mol. The van der Waals surface area contributed by atoms with Crippen LogP contribution in [0.1, 0.15) is 29.5 Å². The summed E-state index contributed by atoms with van der Waals surface area (Å²) in [6, 6.07) is 27.4. The van der Waals surface area contributed by atoms with Crippen molar-refractivity contribution in [3.8, 4) is 0 Å². The summed E-state index contributed by atoms with van der Waals surface area (Å²) in [5, 5.41) is 2.88. The zero-order valence-corrected chi connectivity index (χ0v) is 23.9. The third-order valence-corrected chi connectivity index (χ3v) is 7.23. The molecule has 0 radical (unpaired) electrons. The summed E-state index contributed by atoms with van der Waals surface area (Å²) >= 11 is 0. The van der Waals surface area contributed by atoms with Gasteiger partial charge in [-0.05, 0) is 36.1 Å². The maximum atomic E-state index is 14.1. The standard InChI is InChI=1S/C33H39N5O4/c34-18-10-11-19-36-23-30(39)35-29(20-26-12-4-1-5-13-26)33(42)38(22-28-16-8-3-9-17-28)25-32(41)37(24-31(36)40)21-27-14-6-2-7-15-27/h1-9,12-17,29H,10-11,18-25,34H2,(H,35,39)/t29-/m0/s1. The van der Waals surface area contributed by atoms with E-state index in [0.29, 0.717) is 25.9 Å². The first-order valence-corrected chi connectivity index (χ1v) is 14.4. The first-order valence-electron chi connectivity index (χ1n) is 14.4. The van der Waals surface area contributed by atoms with E-state index in [2.05, 4.69) is 5.32 Å². The Balaban J connectivity index is 1.69. The van der Waals surface area contributed by atoms with Gasteiger partial charge in [0.15, 0.2) is 0 Å². The lowest BCUT2D eigenvalue weighted by Crippen LogP contribution is -2.56. The van der Waals surface area contributed by atoms with E-state index in [4.69, 9.17) is 5.73 Å². The molecular formula is C33H39N5O4. The van der Waals surface area contributed by atoms with Crippen molar-refractivity contribution < 1.29 is 19.2 Å². The highest BCUT2D eigenvalue weighted by Gasteiger charge is 2.32. The molecule has 1 aliphatic rings. The fraction of sp³-hybridized carbons (Fsp3) is 0.333. The summed E-state index contributed by atoms with van der Waals surface area (Å²) in [7, 11) is 0. The molecule has 42 heavy (non-hydrogen) atoms. The highest BCUT2D eigenvalue weighted by molar-refractivity contribution is 5.94. The van der Waals surface area contributed by atoms with Crippen molar-refractivity contribution in [3.63, 3.8) is 0 Å². The van der Waals surface area contributed by atoms with E-state index >= 15 is 0 Å². The molecule has 3 aromatic carbocycles. The molecule has 1 saturated heterocycles. The van der Waals surface area contributed by atoms with Gasteiger partial charge in [-0.15, -0.1) is 0 Å². The Hall–Kier alpha value is -4.50. The van der Waals surface area contributed by atoms with E-state index in [1.807, 2.05) is 91.0 Å². The number of carbonyl (C=O) groups is 4. The molecule has 0 bridgehead atoms. The van der Waals surface area contributed by atoms with Crippen molar-refractivity contribution in [3.05, 3.63) is 108 Å². The van der Waals surface area contributed by atoms with Crippen LogP contribution in [0.4, 0.5) is 0 Å². The molecular weight excluding hydrogens is 530 g/mol.